The van der Waals surface area contributed by atoms with Gasteiger partial charge in [0, 0.05) is 29.3 Å². The van der Waals surface area contributed by atoms with Gasteiger partial charge in [-0.2, -0.15) is 0 Å². The Labute approximate surface area is 107 Å². The first-order chi connectivity index (χ1) is 7.71. The summed E-state index contributed by atoms with van der Waals surface area (Å²) in [7, 11) is 1.57. The fourth-order valence-electron chi connectivity index (χ4n) is 1.56. The molecular formula is C11H19ClN2O2S. The molecule has 0 aliphatic rings. The Balaban J connectivity index is 3.06. The quantitative estimate of drug-likeness (QED) is 0.778. The third-order valence-electron chi connectivity index (χ3n) is 2.50. The van der Waals surface area contributed by atoms with Crippen molar-refractivity contribution in [1.82, 2.24) is 9.55 Å². The first-order valence-electron chi connectivity index (χ1n) is 5.73. The van der Waals surface area contributed by atoms with Crippen molar-refractivity contribution >= 4 is 19.7 Å². The smallest absolute Gasteiger partial charge is 0.280 e. The number of aromatic nitrogens is 2. The van der Waals surface area contributed by atoms with Crippen molar-refractivity contribution in [2.75, 3.05) is 0 Å². The van der Waals surface area contributed by atoms with Crippen LogP contribution in [0.3, 0.4) is 0 Å². The molecule has 0 atom stereocenters. The van der Waals surface area contributed by atoms with E-state index in [1.807, 2.05) is 18.4 Å². The number of halogens is 1. The van der Waals surface area contributed by atoms with Gasteiger partial charge in [0.25, 0.3) is 9.05 Å². The lowest BCUT2D eigenvalue weighted by Crippen LogP contribution is -2.06. The number of hydrogen-bond donors (Lipinski definition) is 0. The number of imidazole rings is 1. The SMILES string of the molecule is CC(C)CCn1cc(S(=O)(=O)Cl)nc1C(C)C. The molecule has 0 spiro atoms. The Morgan fingerprint density at radius 2 is 1.94 bits per heavy atom. The van der Waals surface area contributed by atoms with Crippen molar-refractivity contribution in [3.05, 3.63) is 12.0 Å². The largest absolute Gasteiger partial charge is 0.333 e. The first-order valence-corrected chi connectivity index (χ1v) is 8.04. The number of hydrogen-bond acceptors (Lipinski definition) is 3. The fraction of sp³-hybridized carbons (Fsp3) is 0.727. The maximum absolute atomic E-state index is 11.2. The lowest BCUT2D eigenvalue weighted by molar-refractivity contribution is 0.498. The van der Waals surface area contributed by atoms with Gasteiger partial charge in [-0.25, -0.2) is 13.4 Å². The van der Waals surface area contributed by atoms with E-state index >= 15 is 0 Å². The second-order valence-corrected chi connectivity index (χ2v) is 7.42. The summed E-state index contributed by atoms with van der Waals surface area (Å²) in [6, 6.07) is 0. The van der Waals surface area contributed by atoms with E-state index in [2.05, 4.69) is 18.8 Å². The second-order valence-electron chi connectivity index (χ2n) is 4.91. The number of nitrogens with zero attached hydrogens (tertiary/aromatic N) is 2. The summed E-state index contributed by atoms with van der Waals surface area (Å²) in [6.07, 6.45) is 2.51. The number of rotatable bonds is 5. The van der Waals surface area contributed by atoms with Crippen molar-refractivity contribution in [3.63, 3.8) is 0 Å². The van der Waals surface area contributed by atoms with Crippen LogP contribution in [0.4, 0.5) is 0 Å². The van der Waals surface area contributed by atoms with Crippen molar-refractivity contribution in [1.29, 1.82) is 0 Å². The summed E-state index contributed by atoms with van der Waals surface area (Å²) in [5.41, 5.74) is 0. The summed E-state index contributed by atoms with van der Waals surface area (Å²) >= 11 is 0. The summed E-state index contributed by atoms with van der Waals surface area (Å²) in [4.78, 5) is 4.10. The van der Waals surface area contributed by atoms with Gasteiger partial charge in [-0.05, 0) is 12.3 Å². The zero-order valence-corrected chi connectivity index (χ0v) is 12.2. The van der Waals surface area contributed by atoms with Crippen LogP contribution >= 0.6 is 10.7 Å². The van der Waals surface area contributed by atoms with Gasteiger partial charge in [0.05, 0.1) is 0 Å². The fourth-order valence-corrected chi connectivity index (χ4v) is 2.24. The second kappa shape index (κ2) is 5.40. The van der Waals surface area contributed by atoms with Crippen LogP contribution in [0.15, 0.2) is 11.2 Å². The van der Waals surface area contributed by atoms with Crippen LogP contribution in [0.2, 0.25) is 0 Å². The third-order valence-corrected chi connectivity index (χ3v) is 3.67. The van der Waals surface area contributed by atoms with Gasteiger partial charge in [-0.1, -0.05) is 27.7 Å². The molecule has 1 rings (SSSR count). The molecule has 0 aliphatic heterocycles. The predicted octanol–water partition coefficient (Wildman–Crippen LogP) is 2.98. The van der Waals surface area contributed by atoms with E-state index in [9.17, 15) is 8.42 Å². The van der Waals surface area contributed by atoms with E-state index in [-0.39, 0.29) is 10.9 Å². The average Bonchev–Trinajstić information content (AvgIpc) is 2.57. The van der Waals surface area contributed by atoms with Gasteiger partial charge in [-0.3, -0.25) is 0 Å². The summed E-state index contributed by atoms with van der Waals surface area (Å²) in [6.45, 7) is 9.00. The molecule has 0 radical (unpaired) electrons. The molecule has 4 nitrogen and oxygen atoms in total. The predicted molar refractivity (Wildman–Crippen MR) is 68.8 cm³/mol. The molecule has 0 saturated carbocycles. The molecule has 0 N–H and O–H groups in total. The van der Waals surface area contributed by atoms with Crippen LogP contribution in [-0.2, 0) is 15.6 Å². The summed E-state index contributed by atoms with van der Waals surface area (Å²) in [5.74, 6) is 1.51. The molecule has 0 aromatic carbocycles. The Bertz CT molecular complexity index is 478. The average molecular weight is 279 g/mol. The Kier molecular flexibility index (Phi) is 4.61. The van der Waals surface area contributed by atoms with Crippen molar-refractivity contribution in [2.24, 2.45) is 5.92 Å². The molecule has 0 fully saturated rings. The van der Waals surface area contributed by atoms with Crippen molar-refractivity contribution in [2.45, 2.75) is 51.6 Å². The van der Waals surface area contributed by atoms with E-state index in [4.69, 9.17) is 10.7 Å². The Morgan fingerprint density at radius 1 is 1.35 bits per heavy atom. The van der Waals surface area contributed by atoms with Crippen LogP contribution in [0.5, 0.6) is 0 Å². The molecule has 1 aromatic rings. The topological polar surface area (TPSA) is 52.0 Å². The molecule has 1 aromatic heterocycles. The highest BCUT2D eigenvalue weighted by Gasteiger charge is 2.19. The first kappa shape index (κ1) is 14.5. The van der Waals surface area contributed by atoms with Gasteiger partial charge in [0.15, 0.2) is 5.03 Å². The molecule has 1 heterocycles. The maximum Gasteiger partial charge on any atom is 0.280 e. The minimum Gasteiger partial charge on any atom is -0.333 e. The molecule has 0 saturated heterocycles. The van der Waals surface area contributed by atoms with Gasteiger partial charge in [0.2, 0.25) is 0 Å². The third kappa shape index (κ3) is 4.00. The standard InChI is InChI=1S/C11H19ClN2O2S/c1-8(2)5-6-14-7-10(17(12,15)16)13-11(14)9(3)4/h7-9H,5-6H2,1-4H3. The molecule has 6 heteroatoms. The van der Waals surface area contributed by atoms with Crippen LogP contribution in [0.1, 0.15) is 45.9 Å². The Morgan fingerprint density at radius 3 is 2.35 bits per heavy atom. The highest BCUT2D eigenvalue weighted by molar-refractivity contribution is 8.13. The molecule has 0 bridgehead atoms. The van der Waals surface area contributed by atoms with E-state index in [0.717, 1.165) is 18.8 Å². The molecule has 0 unspecified atom stereocenters. The van der Waals surface area contributed by atoms with Gasteiger partial charge in [-0.15, -0.1) is 0 Å². The van der Waals surface area contributed by atoms with E-state index in [1.165, 1.54) is 6.20 Å². The minimum atomic E-state index is -3.74. The molecule has 0 amide bonds. The molecule has 0 aliphatic carbocycles. The summed E-state index contributed by atoms with van der Waals surface area (Å²) < 4.78 is 24.4. The van der Waals surface area contributed by atoms with Crippen molar-refractivity contribution < 1.29 is 8.42 Å². The number of aryl methyl sites for hydroxylation is 1. The van der Waals surface area contributed by atoms with Crippen LogP contribution in [0.25, 0.3) is 0 Å². The summed E-state index contributed by atoms with van der Waals surface area (Å²) in [5, 5.41) is -0.0494. The van der Waals surface area contributed by atoms with Gasteiger partial charge >= 0.3 is 0 Å². The van der Waals surface area contributed by atoms with Gasteiger partial charge < -0.3 is 4.57 Å². The lowest BCUT2D eigenvalue weighted by Gasteiger charge is -2.11. The highest BCUT2D eigenvalue weighted by atomic mass is 35.7. The lowest BCUT2D eigenvalue weighted by atomic mass is 10.1. The molecular weight excluding hydrogens is 260 g/mol. The van der Waals surface area contributed by atoms with Crippen LogP contribution in [0, 0.1) is 5.92 Å². The monoisotopic (exact) mass is 278 g/mol. The van der Waals surface area contributed by atoms with Crippen LogP contribution in [-0.4, -0.2) is 18.0 Å². The molecule has 98 valence electrons. The van der Waals surface area contributed by atoms with E-state index in [1.54, 1.807) is 0 Å². The van der Waals surface area contributed by atoms with E-state index < -0.39 is 9.05 Å². The Hall–Kier alpha value is -0.550. The minimum absolute atomic E-state index is 0.0494. The van der Waals surface area contributed by atoms with Crippen molar-refractivity contribution in [3.8, 4) is 0 Å². The normalized spacial score (nSPS) is 12.6. The van der Waals surface area contributed by atoms with Crippen LogP contribution < -0.4 is 0 Å². The van der Waals surface area contributed by atoms with Gasteiger partial charge in [0.1, 0.15) is 5.82 Å². The zero-order chi connectivity index (χ0) is 13.2. The van der Waals surface area contributed by atoms with E-state index in [0.29, 0.717) is 5.92 Å². The highest BCUT2D eigenvalue weighted by Crippen LogP contribution is 2.20. The maximum atomic E-state index is 11.2. The zero-order valence-electron chi connectivity index (χ0n) is 10.6. The molecule has 17 heavy (non-hydrogen) atoms.